The number of rotatable bonds is 1. The number of nitrogens with zero attached hydrogens (tertiary/aromatic N) is 2. The van der Waals surface area contributed by atoms with Gasteiger partial charge in [0.1, 0.15) is 0 Å². The molecule has 2 heterocycles. The van der Waals surface area contributed by atoms with E-state index in [1.165, 1.54) is 0 Å². The highest BCUT2D eigenvalue weighted by atomic mass is 16.5. The molecule has 1 amide bonds. The molecule has 0 aliphatic carbocycles. The summed E-state index contributed by atoms with van der Waals surface area (Å²) >= 11 is 0. The Hall–Kier alpha value is -1.32. The molecule has 0 saturated carbocycles. The molecule has 70 valence electrons. The second kappa shape index (κ2) is 2.87. The van der Waals surface area contributed by atoms with Gasteiger partial charge in [0.05, 0.1) is 12.5 Å². The second-order valence-corrected chi connectivity index (χ2v) is 3.36. The number of carbonyl (C=O) groups is 1. The molecule has 0 radical (unpaired) electrons. The number of likely N-dealkylation sites (tertiary alicyclic amines) is 1. The average Bonchev–Trinajstić information content (AvgIpc) is 2.32. The van der Waals surface area contributed by atoms with E-state index in [1.54, 1.807) is 16.6 Å². The molecule has 1 aliphatic heterocycles. The standard InChI is InChI=1S/C9H13N2O2/c1-7-3-6-11(13-7)9-4-5-10(9)8(2)12/h3,6,9H,4-5H2,1-2H3/q+1. The third-order valence-electron chi connectivity index (χ3n) is 2.39. The number of hydrogen-bond acceptors (Lipinski definition) is 2. The molecule has 1 fully saturated rings. The molecule has 13 heavy (non-hydrogen) atoms. The Bertz CT molecular complexity index is 332. The summed E-state index contributed by atoms with van der Waals surface area (Å²) in [7, 11) is 0. The van der Waals surface area contributed by atoms with Crippen molar-refractivity contribution in [2.75, 3.05) is 6.54 Å². The molecule has 0 bridgehead atoms. The molecule has 4 nitrogen and oxygen atoms in total. The van der Waals surface area contributed by atoms with Crippen LogP contribution in [0.4, 0.5) is 0 Å². The summed E-state index contributed by atoms with van der Waals surface area (Å²) in [4.78, 5) is 12.9. The highest BCUT2D eigenvalue weighted by Gasteiger charge is 2.40. The number of aromatic nitrogens is 1. The fourth-order valence-corrected chi connectivity index (χ4v) is 1.57. The first-order valence-corrected chi connectivity index (χ1v) is 4.44. The zero-order valence-corrected chi connectivity index (χ0v) is 7.86. The number of aryl methyl sites for hydroxylation is 1. The first kappa shape index (κ1) is 8.29. The highest BCUT2D eigenvalue weighted by Crippen LogP contribution is 2.22. The molecule has 1 aliphatic rings. The molecule has 0 spiro atoms. The maximum absolute atomic E-state index is 11.1. The second-order valence-electron chi connectivity index (χ2n) is 3.36. The average molecular weight is 181 g/mol. The number of amides is 1. The SMILES string of the molecule is CC(=O)N1CCC1[n+]1ccc(C)o1. The minimum atomic E-state index is 0.103. The zero-order valence-electron chi connectivity index (χ0n) is 7.86. The summed E-state index contributed by atoms with van der Waals surface area (Å²) in [6, 6.07) is 1.90. The van der Waals surface area contributed by atoms with Gasteiger partial charge in [0.15, 0.2) is 5.76 Å². The molecule has 0 N–H and O–H groups in total. The summed E-state index contributed by atoms with van der Waals surface area (Å²) in [5, 5.41) is 0. The Labute approximate surface area is 76.7 Å². The van der Waals surface area contributed by atoms with Gasteiger partial charge < -0.3 is 0 Å². The van der Waals surface area contributed by atoms with Gasteiger partial charge in [-0.25, -0.2) is 4.52 Å². The third-order valence-corrected chi connectivity index (χ3v) is 2.39. The molecule has 1 aromatic rings. The van der Waals surface area contributed by atoms with Crippen LogP contribution in [-0.4, -0.2) is 17.4 Å². The molecular formula is C9H13N2O2+. The first-order chi connectivity index (χ1) is 6.18. The van der Waals surface area contributed by atoms with Gasteiger partial charge in [-0.05, 0) is 0 Å². The van der Waals surface area contributed by atoms with Gasteiger partial charge in [0.2, 0.25) is 12.1 Å². The predicted octanol–water partition coefficient (Wildman–Crippen LogP) is 0.626. The van der Waals surface area contributed by atoms with Gasteiger partial charge >= 0.3 is 0 Å². The van der Waals surface area contributed by atoms with Crippen molar-refractivity contribution in [3.8, 4) is 0 Å². The van der Waals surface area contributed by atoms with Crippen molar-refractivity contribution in [2.24, 2.45) is 0 Å². The predicted molar refractivity (Wildman–Crippen MR) is 44.7 cm³/mol. The van der Waals surface area contributed by atoms with Crippen LogP contribution < -0.4 is 4.74 Å². The van der Waals surface area contributed by atoms with Crippen LogP contribution in [-0.2, 0) is 4.79 Å². The summed E-state index contributed by atoms with van der Waals surface area (Å²) in [5.41, 5.74) is 0. The normalized spacial score (nSPS) is 21.4. The van der Waals surface area contributed by atoms with Gasteiger partial charge in [-0.3, -0.25) is 9.69 Å². The van der Waals surface area contributed by atoms with Crippen LogP contribution in [0, 0.1) is 6.92 Å². The van der Waals surface area contributed by atoms with Crippen molar-refractivity contribution in [1.29, 1.82) is 0 Å². The molecule has 0 aromatic carbocycles. The molecule has 1 atom stereocenters. The van der Waals surface area contributed by atoms with E-state index in [4.69, 9.17) is 4.52 Å². The maximum Gasteiger partial charge on any atom is 0.281 e. The van der Waals surface area contributed by atoms with Crippen LogP contribution in [0.25, 0.3) is 0 Å². The Kier molecular flexibility index (Phi) is 1.83. The lowest BCUT2D eigenvalue weighted by molar-refractivity contribution is -0.903. The van der Waals surface area contributed by atoms with E-state index in [9.17, 15) is 4.79 Å². The van der Waals surface area contributed by atoms with Crippen molar-refractivity contribution < 1.29 is 14.1 Å². The Morgan fingerprint density at radius 3 is 2.92 bits per heavy atom. The molecule has 1 saturated heterocycles. The summed E-state index contributed by atoms with van der Waals surface area (Å²) < 4.78 is 7.13. The first-order valence-electron chi connectivity index (χ1n) is 4.44. The Morgan fingerprint density at radius 2 is 2.54 bits per heavy atom. The molecule has 1 unspecified atom stereocenters. The van der Waals surface area contributed by atoms with Crippen molar-refractivity contribution in [2.45, 2.75) is 26.4 Å². The molecule has 4 heteroatoms. The quantitative estimate of drug-likeness (QED) is 0.596. The molecular weight excluding hydrogens is 168 g/mol. The minimum absolute atomic E-state index is 0.103. The summed E-state index contributed by atoms with van der Waals surface area (Å²) in [6.07, 6.45) is 2.96. The lowest BCUT2D eigenvalue weighted by Crippen LogP contribution is -2.58. The van der Waals surface area contributed by atoms with Crippen LogP contribution in [0.3, 0.4) is 0 Å². The van der Waals surface area contributed by atoms with Crippen LogP contribution >= 0.6 is 0 Å². The van der Waals surface area contributed by atoms with E-state index in [1.807, 2.05) is 19.2 Å². The van der Waals surface area contributed by atoms with Crippen LogP contribution in [0.15, 0.2) is 16.8 Å². The maximum atomic E-state index is 11.1. The van der Waals surface area contributed by atoms with Gasteiger partial charge in [-0.2, -0.15) is 0 Å². The van der Waals surface area contributed by atoms with Crippen LogP contribution in [0.5, 0.6) is 0 Å². The van der Waals surface area contributed by atoms with E-state index >= 15 is 0 Å². The summed E-state index contributed by atoms with van der Waals surface area (Å²) in [5.74, 6) is 0.980. The van der Waals surface area contributed by atoms with E-state index in [2.05, 4.69) is 0 Å². The van der Waals surface area contributed by atoms with Crippen molar-refractivity contribution >= 4 is 5.91 Å². The third kappa shape index (κ3) is 1.32. The molecule has 1 aromatic heterocycles. The van der Waals surface area contributed by atoms with Gasteiger partial charge in [-0.1, -0.05) is 0 Å². The lowest BCUT2D eigenvalue weighted by atomic mass is 10.1. The van der Waals surface area contributed by atoms with Gasteiger partial charge in [-0.15, -0.1) is 0 Å². The Morgan fingerprint density at radius 1 is 1.77 bits per heavy atom. The number of carbonyl (C=O) groups excluding carboxylic acids is 1. The number of hydrogen-bond donors (Lipinski definition) is 0. The highest BCUT2D eigenvalue weighted by molar-refractivity contribution is 5.73. The van der Waals surface area contributed by atoms with E-state index < -0.39 is 0 Å². The molecule has 2 rings (SSSR count). The van der Waals surface area contributed by atoms with Crippen molar-refractivity contribution in [3.05, 3.63) is 18.0 Å². The van der Waals surface area contributed by atoms with Gasteiger partial charge in [0.25, 0.3) is 6.17 Å². The van der Waals surface area contributed by atoms with E-state index in [0.29, 0.717) is 0 Å². The van der Waals surface area contributed by atoms with Gasteiger partial charge in [0, 0.05) is 25.1 Å². The monoisotopic (exact) mass is 181 g/mol. The fourth-order valence-electron chi connectivity index (χ4n) is 1.57. The topological polar surface area (TPSA) is 37.3 Å². The fraction of sp³-hybridized carbons (Fsp3) is 0.556. The zero-order chi connectivity index (χ0) is 9.42. The smallest absolute Gasteiger partial charge is 0.281 e. The van der Waals surface area contributed by atoms with Crippen molar-refractivity contribution in [3.63, 3.8) is 0 Å². The lowest BCUT2D eigenvalue weighted by Gasteiger charge is -2.32. The van der Waals surface area contributed by atoms with E-state index in [-0.39, 0.29) is 12.1 Å². The summed E-state index contributed by atoms with van der Waals surface area (Å²) in [6.45, 7) is 4.32. The van der Waals surface area contributed by atoms with Crippen LogP contribution in [0.2, 0.25) is 0 Å². The van der Waals surface area contributed by atoms with Crippen molar-refractivity contribution in [1.82, 2.24) is 4.90 Å². The van der Waals surface area contributed by atoms with E-state index in [0.717, 1.165) is 18.7 Å². The largest absolute Gasteiger partial charge is 0.281 e. The van der Waals surface area contributed by atoms with Crippen LogP contribution in [0.1, 0.15) is 25.3 Å². The minimum Gasteiger partial charge on any atom is -0.281 e. The Balaban J connectivity index is 2.14.